The second-order valence-corrected chi connectivity index (χ2v) is 4.93. The highest BCUT2D eigenvalue weighted by Gasteiger charge is 2.12. The van der Waals surface area contributed by atoms with Crippen molar-refractivity contribution >= 4 is 5.91 Å². The molecule has 0 spiro atoms. The van der Waals surface area contributed by atoms with Crippen LogP contribution in [0.2, 0.25) is 0 Å². The standard InChI is InChI=1S/C17H20N2O/c1-3-6-14-8-10-15(11-9-14)17(20)19(2)13-16-7-4-5-12-18-16/h4-5,7-12H,3,6,13H2,1-2H3. The van der Waals surface area contributed by atoms with Crippen molar-refractivity contribution in [2.24, 2.45) is 0 Å². The summed E-state index contributed by atoms with van der Waals surface area (Å²) < 4.78 is 0. The van der Waals surface area contributed by atoms with Gasteiger partial charge >= 0.3 is 0 Å². The third-order valence-corrected chi connectivity index (χ3v) is 3.21. The molecule has 0 radical (unpaired) electrons. The fourth-order valence-electron chi connectivity index (χ4n) is 2.13. The molecule has 0 bridgehead atoms. The minimum absolute atomic E-state index is 0.0266. The Morgan fingerprint density at radius 2 is 1.90 bits per heavy atom. The van der Waals surface area contributed by atoms with Crippen molar-refractivity contribution in [2.75, 3.05) is 7.05 Å². The largest absolute Gasteiger partial charge is 0.336 e. The molecule has 0 unspecified atom stereocenters. The van der Waals surface area contributed by atoms with Gasteiger partial charge in [0.2, 0.25) is 0 Å². The van der Waals surface area contributed by atoms with Crippen molar-refractivity contribution in [2.45, 2.75) is 26.3 Å². The number of aryl methyl sites for hydroxylation is 1. The Hall–Kier alpha value is -2.16. The number of rotatable bonds is 5. The molecule has 0 fully saturated rings. The van der Waals surface area contributed by atoms with Crippen LogP contribution in [0.5, 0.6) is 0 Å². The third kappa shape index (κ3) is 3.67. The Kier molecular flexibility index (Phi) is 4.88. The quantitative estimate of drug-likeness (QED) is 0.833. The van der Waals surface area contributed by atoms with Crippen LogP contribution >= 0.6 is 0 Å². The number of carbonyl (C=O) groups excluding carboxylic acids is 1. The van der Waals surface area contributed by atoms with Crippen LogP contribution in [0.15, 0.2) is 48.7 Å². The smallest absolute Gasteiger partial charge is 0.253 e. The van der Waals surface area contributed by atoms with Gasteiger partial charge in [-0.1, -0.05) is 31.5 Å². The highest BCUT2D eigenvalue weighted by Crippen LogP contribution is 2.10. The third-order valence-electron chi connectivity index (χ3n) is 3.21. The van der Waals surface area contributed by atoms with Crippen LogP contribution in [0.25, 0.3) is 0 Å². The number of carbonyl (C=O) groups is 1. The number of pyridine rings is 1. The molecule has 0 saturated carbocycles. The van der Waals surface area contributed by atoms with E-state index in [1.54, 1.807) is 18.1 Å². The summed E-state index contributed by atoms with van der Waals surface area (Å²) in [7, 11) is 1.80. The number of benzene rings is 1. The molecule has 1 aromatic heterocycles. The van der Waals surface area contributed by atoms with Crippen LogP contribution in [-0.4, -0.2) is 22.8 Å². The first-order chi connectivity index (χ1) is 9.70. The van der Waals surface area contributed by atoms with E-state index in [0.717, 1.165) is 24.1 Å². The van der Waals surface area contributed by atoms with E-state index in [-0.39, 0.29) is 5.91 Å². The summed E-state index contributed by atoms with van der Waals surface area (Å²) in [6.07, 6.45) is 3.91. The summed E-state index contributed by atoms with van der Waals surface area (Å²) >= 11 is 0. The van der Waals surface area contributed by atoms with E-state index in [1.807, 2.05) is 42.5 Å². The Balaban J connectivity index is 2.03. The second-order valence-electron chi connectivity index (χ2n) is 4.93. The van der Waals surface area contributed by atoms with Crippen LogP contribution in [0, 0.1) is 0 Å². The SMILES string of the molecule is CCCc1ccc(C(=O)N(C)Cc2ccccn2)cc1. The Morgan fingerprint density at radius 1 is 1.15 bits per heavy atom. The molecule has 0 atom stereocenters. The molecule has 2 aromatic rings. The molecule has 0 saturated heterocycles. The molecule has 3 nitrogen and oxygen atoms in total. The molecule has 0 N–H and O–H groups in total. The first kappa shape index (κ1) is 14.3. The first-order valence-corrected chi connectivity index (χ1v) is 6.95. The zero-order valence-corrected chi connectivity index (χ0v) is 12.0. The first-order valence-electron chi connectivity index (χ1n) is 6.95. The zero-order chi connectivity index (χ0) is 14.4. The lowest BCUT2D eigenvalue weighted by molar-refractivity contribution is 0.0783. The molecule has 0 aliphatic heterocycles. The number of nitrogens with zero attached hydrogens (tertiary/aromatic N) is 2. The number of hydrogen-bond acceptors (Lipinski definition) is 2. The average Bonchev–Trinajstić information content (AvgIpc) is 2.48. The van der Waals surface area contributed by atoms with Gasteiger partial charge in [0, 0.05) is 18.8 Å². The molecule has 1 aromatic carbocycles. The van der Waals surface area contributed by atoms with Crippen molar-refractivity contribution in [1.29, 1.82) is 0 Å². The molecule has 1 amide bonds. The molecule has 0 aliphatic carbocycles. The van der Waals surface area contributed by atoms with Crippen molar-refractivity contribution in [1.82, 2.24) is 9.88 Å². The average molecular weight is 268 g/mol. The Labute approximate surface area is 120 Å². The Bertz CT molecular complexity index is 549. The number of hydrogen-bond donors (Lipinski definition) is 0. The summed E-state index contributed by atoms with van der Waals surface area (Å²) in [6.45, 7) is 2.68. The van der Waals surface area contributed by atoms with Gasteiger partial charge in [0.05, 0.1) is 12.2 Å². The van der Waals surface area contributed by atoms with Gasteiger partial charge in [-0.15, -0.1) is 0 Å². The maximum atomic E-state index is 12.3. The van der Waals surface area contributed by atoms with Crippen molar-refractivity contribution in [3.63, 3.8) is 0 Å². The van der Waals surface area contributed by atoms with Crippen LogP contribution in [-0.2, 0) is 13.0 Å². The Morgan fingerprint density at radius 3 is 2.50 bits per heavy atom. The van der Waals surface area contributed by atoms with E-state index in [1.165, 1.54) is 5.56 Å². The van der Waals surface area contributed by atoms with Gasteiger partial charge in [-0.2, -0.15) is 0 Å². The van der Waals surface area contributed by atoms with Gasteiger partial charge in [-0.05, 0) is 36.2 Å². The van der Waals surface area contributed by atoms with Crippen molar-refractivity contribution in [3.05, 3.63) is 65.5 Å². The van der Waals surface area contributed by atoms with Crippen LogP contribution in [0.4, 0.5) is 0 Å². The van der Waals surface area contributed by atoms with Gasteiger partial charge in [0.1, 0.15) is 0 Å². The van der Waals surface area contributed by atoms with Gasteiger partial charge in [0.15, 0.2) is 0 Å². The maximum Gasteiger partial charge on any atom is 0.253 e. The van der Waals surface area contributed by atoms with Gasteiger partial charge < -0.3 is 4.90 Å². The highest BCUT2D eigenvalue weighted by atomic mass is 16.2. The predicted molar refractivity (Wildman–Crippen MR) is 80.5 cm³/mol. The lowest BCUT2D eigenvalue weighted by Gasteiger charge is -2.17. The van der Waals surface area contributed by atoms with E-state index >= 15 is 0 Å². The summed E-state index contributed by atoms with van der Waals surface area (Å²) in [4.78, 5) is 18.2. The minimum atomic E-state index is 0.0266. The highest BCUT2D eigenvalue weighted by molar-refractivity contribution is 5.94. The normalized spacial score (nSPS) is 10.3. The fourth-order valence-corrected chi connectivity index (χ4v) is 2.13. The van der Waals surface area contributed by atoms with Crippen LogP contribution in [0.1, 0.15) is 35.0 Å². The van der Waals surface area contributed by atoms with E-state index in [0.29, 0.717) is 6.54 Å². The molecule has 20 heavy (non-hydrogen) atoms. The fraction of sp³-hybridized carbons (Fsp3) is 0.294. The molecular weight excluding hydrogens is 248 g/mol. The van der Waals surface area contributed by atoms with E-state index < -0.39 is 0 Å². The molecule has 0 aliphatic rings. The van der Waals surface area contributed by atoms with Gasteiger partial charge in [0.25, 0.3) is 5.91 Å². The van der Waals surface area contributed by atoms with E-state index in [9.17, 15) is 4.79 Å². The lowest BCUT2D eigenvalue weighted by atomic mass is 10.1. The maximum absolute atomic E-state index is 12.3. The summed E-state index contributed by atoms with van der Waals surface area (Å²) in [5.74, 6) is 0.0266. The molecular formula is C17H20N2O. The summed E-state index contributed by atoms with van der Waals surface area (Å²) in [5, 5.41) is 0. The molecule has 3 heteroatoms. The molecule has 104 valence electrons. The van der Waals surface area contributed by atoms with Crippen molar-refractivity contribution < 1.29 is 4.79 Å². The topological polar surface area (TPSA) is 33.2 Å². The summed E-state index contributed by atoms with van der Waals surface area (Å²) in [6, 6.07) is 13.6. The summed E-state index contributed by atoms with van der Waals surface area (Å²) in [5.41, 5.74) is 2.89. The van der Waals surface area contributed by atoms with Gasteiger partial charge in [-0.3, -0.25) is 9.78 Å². The van der Waals surface area contributed by atoms with Crippen LogP contribution < -0.4 is 0 Å². The van der Waals surface area contributed by atoms with Crippen LogP contribution in [0.3, 0.4) is 0 Å². The monoisotopic (exact) mass is 268 g/mol. The van der Waals surface area contributed by atoms with Crippen molar-refractivity contribution in [3.8, 4) is 0 Å². The zero-order valence-electron chi connectivity index (χ0n) is 12.0. The van der Waals surface area contributed by atoms with Gasteiger partial charge in [-0.25, -0.2) is 0 Å². The molecule has 1 heterocycles. The second kappa shape index (κ2) is 6.85. The minimum Gasteiger partial charge on any atom is -0.336 e. The van der Waals surface area contributed by atoms with E-state index in [4.69, 9.17) is 0 Å². The number of aromatic nitrogens is 1. The molecule has 2 rings (SSSR count). The van der Waals surface area contributed by atoms with E-state index in [2.05, 4.69) is 11.9 Å². The number of amides is 1. The predicted octanol–water partition coefficient (Wildman–Crippen LogP) is 3.31. The lowest BCUT2D eigenvalue weighted by Crippen LogP contribution is -2.26.